The summed E-state index contributed by atoms with van der Waals surface area (Å²) in [5, 5.41) is 5.31. The smallest absolute Gasteiger partial charge is 0.211 e. The fourth-order valence-electron chi connectivity index (χ4n) is 3.52. The Morgan fingerprint density at radius 1 is 1.00 bits per heavy atom. The second-order valence-electron chi connectivity index (χ2n) is 6.32. The number of aromatic nitrogens is 3. The van der Waals surface area contributed by atoms with Gasteiger partial charge in [0, 0.05) is 6.42 Å². The molecule has 1 aliphatic carbocycles. The molecule has 122 valence electrons. The summed E-state index contributed by atoms with van der Waals surface area (Å²) in [7, 11) is 0. The van der Waals surface area contributed by atoms with Crippen LogP contribution in [0.5, 0.6) is 0 Å². The number of nitrogens with zero attached hydrogens (tertiary/aromatic N) is 3. The zero-order chi connectivity index (χ0) is 16.8. The number of hydrogen-bond acceptors (Lipinski definition) is 4. The largest absolute Gasteiger partial charge is 0.294 e. The Balaban J connectivity index is 1.60. The van der Waals surface area contributed by atoms with Crippen LogP contribution >= 0.6 is 11.3 Å². The number of Topliss-reactive ketones (excluding diaryl/α,β-unsaturated/α-hetero) is 1. The van der Waals surface area contributed by atoms with Crippen LogP contribution in [0.25, 0.3) is 15.3 Å². The quantitative estimate of drug-likeness (QED) is 0.541. The van der Waals surface area contributed by atoms with Gasteiger partial charge in [0.05, 0.1) is 27.7 Å². The Morgan fingerprint density at radius 2 is 1.80 bits per heavy atom. The highest BCUT2D eigenvalue weighted by atomic mass is 32.1. The Morgan fingerprint density at radius 3 is 2.64 bits per heavy atom. The molecule has 0 fully saturated rings. The first kappa shape index (κ1) is 14.5. The van der Waals surface area contributed by atoms with E-state index in [1.807, 2.05) is 41.1 Å². The Bertz CT molecular complexity index is 1050. The van der Waals surface area contributed by atoms with Crippen LogP contribution in [0.3, 0.4) is 0 Å². The third-order valence-electron chi connectivity index (χ3n) is 4.78. The first-order valence-electron chi connectivity index (χ1n) is 8.30. The van der Waals surface area contributed by atoms with Crippen LogP contribution in [0, 0.1) is 0 Å². The van der Waals surface area contributed by atoms with E-state index in [1.54, 1.807) is 17.5 Å². The molecule has 0 aliphatic heterocycles. The van der Waals surface area contributed by atoms with Crippen molar-refractivity contribution in [1.82, 2.24) is 14.8 Å². The monoisotopic (exact) mass is 345 g/mol. The zero-order valence-corrected chi connectivity index (χ0v) is 14.2. The third-order valence-corrected chi connectivity index (χ3v) is 5.79. The Labute approximate surface area is 148 Å². The maximum atomic E-state index is 12.6. The molecule has 0 unspecified atom stereocenters. The van der Waals surface area contributed by atoms with E-state index in [2.05, 4.69) is 23.3 Å². The van der Waals surface area contributed by atoms with Gasteiger partial charge in [-0.1, -0.05) is 53.8 Å². The summed E-state index contributed by atoms with van der Waals surface area (Å²) < 4.78 is 2.98. The van der Waals surface area contributed by atoms with Gasteiger partial charge in [0.25, 0.3) is 0 Å². The third kappa shape index (κ3) is 2.39. The van der Waals surface area contributed by atoms with Crippen molar-refractivity contribution in [1.29, 1.82) is 0 Å². The van der Waals surface area contributed by atoms with E-state index < -0.39 is 0 Å². The highest BCUT2D eigenvalue weighted by Crippen LogP contribution is 2.34. The molecule has 0 N–H and O–H groups in total. The number of para-hydroxylation sites is 1. The van der Waals surface area contributed by atoms with Gasteiger partial charge in [-0.25, -0.2) is 9.67 Å². The first-order chi connectivity index (χ1) is 12.3. The van der Waals surface area contributed by atoms with Crippen LogP contribution in [0.1, 0.15) is 34.0 Å². The van der Waals surface area contributed by atoms with Gasteiger partial charge in [0.15, 0.2) is 5.78 Å². The number of ketones is 1. The summed E-state index contributed by atoms with van der Waals surface area (Å²) in [6.07, 6.45) is 3.05. The first-order valence-corrected chi connectivity index (χ1v) is 9.12. The summed E-state index contributed by atoms with van der Waals surface area (Å²) >= 11 is 1.60. The number of thiazole rings is 1. The maximum Gasteiger partial charge on any atom is 0.211 e. The van der Waals surface area contributed by atoms with Gasteiger partial charge in [-0.3, -0.25) is 4.79 Å². The van der Waals surface area contributed by atoms with Gasteiger partial charge in [0.2, 0.25) is 5.13 Å². The van der Waals surface area contributed by atoms with E-state index in [-0.39, 0.29) is 11.7 Å². The van der Waals surface area contributed by atoms with Crippen molar-refractivity contribution in [2.75, 3.05) is 0 Å². The molecule has 25 heavy (non-hydrogen) atoms. The van der Waals surface area contributed by atoms with Crippen LogP contribution in [-0.2, 0) is 6.42 Å². The SMILES string of the molecule is O=C1C[C@H](c2ccccc2)Cc2c1cnn2-c1nc2ccccc2s1. The predicted molar refractivity (Wildman–Crippen MR) is 98.6 cm³/mol. The van der Waals surface area contributed by atoms with Gasteiger partial charge in [-0.15, -0.1) is 0 Å². The van der Waals surface area contributed by atoms with E-state index >= 15 is 0 Å². The second kappa shape index (κ2) is 5.63. The Kier molecular flexibility index (Phi) is 3.28. The lowest BCUT2D eigenvalue weighted by Crippen LogP contribution is -2.20. The van der Waals surface area contributed by atoms with Crippen LogP contribution < -0.4 is 0 Å². The molecule has 0 saturated heterocycles. The summed E-state index contributed by atoms with van der Waals surface area (Å²) in [4.78, 5) is 17.3. The minimum atomic E-state index is 0.169. The lowest BCUT2D eigenvalue weighted by molar-refractivity contribution is 0.0964. The number of hydrogen-bond donors (Lipinski definition) is 0. The zero-order valence-electron chi connectivity index (χ0n) is 13.4. The fraction of sp³-hybridized carbons (Fsp3) is 0.150. The fourth-order valence-corrected chi connectivity index (χ4v) is 4.47. The lowest BCUT2D eigenvalue weighted by atomic mass is 9.82. The molecule has 0 amide bonds. The molecule has 0 radical (unpaired) electrons. The molecular formula is C20H15N3OS. The Hall–Kier alpha value is -2.79. The molecule has 5 rings (SSSR count). The molecule has 2 aromatic heterocycles. The molecule has 1 aliphatic rings. The van der Waals surface area contributed by atoms with Gasteiger partial charge >= 0.3 is 0 Å². The molecule has 2 aromatic carbocycles. The van der Waals surface area contributed by atoms with Gasteiger partial charge in [0.1, 0.15) is 0 Å². The average molecular weight is 345 g/mol. The molecule has 4 nitrogen and oxygen atoms in total. The van der Waals surface area contributed by atoms with Crippen LogP contribution in [0.4, 0.5) is 0 Å². The van der Waals surface area contributed by atoms with Crippen LogP contribution in [0.2, 0.25) is 0 Å². The molecule has 0 bridgehead atoms. The van der Waals surface area contributed by atoms with Crippen molar-refractivity contribution in [3.05, 3.63) is 77.6 Å². The number of carbonyl (C=O) groups excluding carboxylic acids is 1. The molecule has 5 heteroatoms. The van der Waals surface area contributed by atoms with E-state index in [1.165, 1.54) is 5.56 Å². The van der Waals surface area contributed by atoms with Crippen LogP contribution in [0.15, 0.2) is 60.8 Å². The topological polar surface area (TPSA) is 47.8 Å². The summed E-state index contributed by atoms with van der Waals surface area (Å²) in [5.41, 5.74) is 3.89. The van der Waals surface area contributed by atoms with Crippen molar-refractivity contribution in [2.24, 2.45) is 0 Å². The van der Waals surface area contributed by atoms with E-state index in [4.69, 9.17) is 4.98 Å². The van der Waals surface area contributed by atoms with E-state index in [9.17, 15) is 4.79 Å². The standard InChI is InChI=1S/C20H15N3OS/c24-18-11-14(13-6-2-1-3-7-13)10-17-15(18)12-21-23(17)20-22-16-8-4-5-9-19(16)25-20/h1-9,12,14H,10-11H2/t14-/m1/s1. The normalized spacial score (nSPS) is 17.0. The maximum absolute atomic E-state index is 12.6. The summed E-state index contributed by atoms with van der Waals surface area (Å²) in [6, 6.07) is 18.3. The molecular weight excluding hydrogens is 330 g/mol. The van der Waals surface area contributed by atoms with Crippen LogP contribution in [-0.4, -0.2) is 20.5 Å². The minimum Gasteiger partial charge on any atom is -0.294 e. The lowest BCUT2D eigenvalue weighted by Gasteiger charge is -2.22. The van der Waals surface area contributed by atoms with Crippen molar-refractivity contribution in [2.45, 2.75) is 18.8 Å². The van der Waals surface area contributed by atoms with Gasteiger partial charge in [-0.2, -0.15) is 5.10 Å². The van der Waals surface area contributed by atoms with Gasteiger partial charge in [-0.05, 0) is 30.0 Å². The van der Waals surface area contributed by atoms with Crippen molar-refractivity contribution in [3.8, 4) is 5.13 Å². The van der Waals surface area contributed by atoms with Crippen molar-refractivity contribution < 1.29 is 4.79 Å². The number of fused-ring (bicyclic) bond motifs is 2. The highest BCUT2D eigenvalue weighted by Gasteiger charge is 2.30. The second-order valence-corrected chi connectivity index (χ2v) is 7.33. The molecule has 0 spiro atoms. The molecule has 0 saturated carbocycles. The number of carbonyl (C=O) groups is 1. The summed E-state index contributed by atoms with van der Waals surface area (Å²) in [5.74, 6) is 0.369. The van der Waals surface area contributed by atoms with Crippen molar-refractivity contribution >= 4 is 27.3 Å². The summed E-state index contributed by atoms with van der Waals surface area (Å²) in [6.45, 7) is 0. The number of rotatable bonds is 2. The predicted octanol–water partition coefficient (Wildman–Crippen LogP) is 4.39. The molecule has 1 atom stereocenters. The number of benzene rings is 2. The molecule has 2 heterocycles. The average Bonchev–Trinajstić information content (AvgIpc) is 3.26. The van der Waals surface area contributed by atoms with Gasteiger partial charge < -0.3 is 0 Å². The van der Waals surface area contributed by atoms with E-state index in [0.717, 1.165) is 33.0 Å². The highest BCUT2D eigenvalue weighted by molar-refractivity contribution is 7.20. The molecule has 4 aromatic rings. The van der Waals surface area contributed by atoms with E-state index in [0.29, 0.717) is 6.42 Å². The van der Waals surface area contributed by atoms with Crippen molar-refractivity contribution in [3.63, 3.8) is 0 Å². The minimum absolute atomic E-state index is 0.169.